The van der Waals surface area contributed by atoms with Gasteiger partial charge in [-0.2, -0.15) is 0 Å². The molecule has 0 aromatic carbocycles. The minimum Gasteiger partial charge on any atom is -0.338 e. The normalized spacial score (nSPS) is 46.7. The van der Waals surface area contributed by atoms with Crippen LogP contribution in [0.2, 0.25) is 0 Å². The third-order valence-electron chi connectivity index (χ3n) is 6.05. The quantitative estimate of drug-likeness (QED) is 0.703. The number of piperidine rings is 4. The smallest absolute Gasteiger partial charge is 0.239 e. The molecular weight excluding hydrogens is 238 g/mol. The number of rotatable bonds is 0. The van der Waals surface area contributed by atoms with E-state index < -0.39 is 0 Å². The highest BCUT2D eigenvalue weighted by Gasteiger charge is 2.51. The molecule has 4 rings (SSSR count). The van der Waals surface area contributed by atoms with Crippen LogP contribution in [0.5, 0.6) is 0 Å². The topological polar surface area (TPSA) is 49.6 Å². The Morgan fingerprint density at radius 1 is 1.05 bits per heavy atom. The lowest BCUT2D eigenvalue weighted by Gasteiger charge is -2.59. The third-order valence-corrected chi connectivity index (χ3v) is 6.05. The zero-order chi connectivity index (χ0) is 13.0. The molecule has 0 radical (unpaired) electrons. The first-order valence-corrected chi connectivity index (χ1v) is 8.06. The van der Waals surface area contributed by atoms with Crippen molar-refractivity contribution in [3.63, 3.8) is 0 Å². The van der Waals surface area contributed by atoms with E-state index in [1.54, 1.807) is 0 Å². The van der Waals surface area contributed by atoms with Crippen LogP contribution in [0.25, 0.3) is 0 Å². The molecule has 4 aliphatic heterocycles. The first-order valence-electron chi connectivity index (χ1n) is 8.06. The Bertz CT molecular complexity index is 384. The van der Waals surface area contributed by atoms with Gasteiger partial charge < -0.3 is 10.6 Å². The summed E-state index contributed by atoms with van der Waals surface area (Å²) in [7, 11) is 0. The Balaban J connectivity index is 1.65. The number of hydrogen-bond donors (Lipinski definition) is 1. The van der Waals surface area contributed by atoms with Crippen LogP contribution in [0.3, 0.4) is 0 Å². The molecule has 4 nitrogen and oxygen atoms in total. The number of fused-ring (bicyclic) bond motifs is 2. The summed E-state index contributed by atoms with van der Waals surface area (Å²) in [5.41, 5.74) is 5.98. The summed E-state index contributed by atoms with van der Waals surface area (Å²) in [6.07, 6.45) is 7.29. The van der Waals surface area contributed by atoms with Crippen molar-refractivity contribution in [2.45, 2.75) is 56.7 Å². The van der Waals surface area contributed by atoms with Gasteiger partial charge in [-0.25, -0.2) is 0 Å². The molecule has 4 heterocycles. The number of nitrogens with zero attached hydrogens (tertiary/aromatic N) is 2. The molecule has 1 unspecified atom stereocenters. The fourth-order valence-corrected chi connectivity index (χ4v) is 5.31. The van der Waals surface area contributed by atoms with E-state index in [2.05, 4.69) is 9.80 Å². The van der Waals surface area contributed by atoms with Gasteiger partial charge in [-0.05, 0) is 63.5 Å². The fourth-order valence-electron chi connectivity index (χ4n) is 5.31. The molecule has 2 N–H and O–H groups in total. The van der Waals surface area contributed by atoms with Crippen LogP contribution in [0.4, 0.5) is 0 Å². The second kappa shape index (κ2) is 4.45. The molecule has 1 amide bonds. The molecule has 4 saturated heterocycles. The standard InChI is InChI=1S/C15H25N3O/c16-12-5-6-13-11-4-2-8-17-7-1-3-10(14(11)17)9-18(13)15(12)19/h10-14H,1-9,16H2/t10-,11+,12?,13+,14-/m0/s1. The average Bonchev–Trinajstić information content (AvgIpc) is 2.44. The predicted molar refractivity (Wildman–Crippen MR) is 73.5 cm³/mol. The maximum Gasteiger partial charge on any atom is 0.239 e. The average molecular weight is 263 g/mol. The molecule has 4 aliphatic rings. The monoisotopic (exact) mass is 263 g/mol. The molecular formula is C15H25N3O. The number of carbonyl (C=O) groups excluding carboxylic acids is 1. The molecule has 0 aromatic heterocycles. The highest BCUT2D eigenvalue weighted by Crippen LogP contribution is 2.44. The van der Waals surface area contributed by atoms with Crippen LogP contribution in [0.15, 0.2) is 0 Å². The first-order chi connectivity index (χ1) is 9.25. The maximum atomic E-state index is 12.4. The van der Waals surface area contributed by atoms with Crippen LogP contribution in [0, 0.1) is 11.8 Å². The van der Waals surface area contributed by atoms with Crippen LogP contribution in [0.1, 0.15) is 38.5 Å². The summed E-state index contributed by atoms with van der Waals surface area (Å²) in [4.78, 5) is 17.3. The van der Waals surface area contributed by atoms with Crippen LogP contribution in [-0.2, 0) is 4.79 Å². The summed E-state index contributed by atoms with van der Waals surface area (Å²) in [6, 6.07) is 1.04. The van der Waals surface area contributed by atoms with Crippen molar-refractivity contribution < 1.29 is 4.79 Å². The largest absolute Gasteiger partial charge is 0.338 e. The molecule has 4 fully saturated rings. The SMILES string of the molecule is NC1CC[C@@H]2[C@H]3CCCN4CCC[C@@H](CN2C1=O)[C@@H]34. The Kier molecular flexibility index (Phi) is 2.85. The minimum absolute atomic E-state index is 0.226. The minimum atomic E-state index is -0.226. The lowest BCUT2D eigenvalue weighted by atomic mass is 9.68. The van der Waals surface area contributed by atoms with Crippen LogP contribution >= 0.6 is 0 Å². The summed E-state index contributed by atoms with van der Waals surface area (Å²) >= 11 is 0. The Hall–Kier alpha value is -0.610. The van der Waals surface area contributed by atoms with Crippen molar-refractivity contribution >= 4 is 5.91 Å². The van der Waals surface area contributed by atoms with Gasteiger partial charge >= 0.3 is 0 Å². The van der Waals surface area contributed by atoms with Gasteiger partial charge in [0.15, 0.2) is 0 Å². The van der Waals surface area contributed by atoms with Crippen molar-refractivity contribution in [2.24, 2.45) is 17.6 Å². The van der Waals surface area contributed by atoms with Gasteiger partial charge in [-0.3, -0.25) is 9.69 Å². The van der Waals surface area contributed by atoms with Crippen molar-refractivity contribution in [2.75, 3.05) is 19.6 Å². The van der Waals surface area contributed by atoms with E-state index in [-0.39, 0.29) is 11.9 Å². The van der Waals surface area contributed by atoms with Gasteiger partial charge in [0.05, 0.1) is 6.04 Å². The van der Waals surface area contributed by atoms with E-state index in [9.17, 15) is 4.79 Å². The number of nitrogens with two attached hydrogens (primary N) is 1. The Morgan fingerprint density at radius 2 is 1.84 bits per heavy atom. The lowest BCUT2D eigenvalue weighted by molar-refractivity contribution is -0.152. The first kappa shape index (κ1) is 12.2. The molecule has 19 heavy (non-hydrogen) atoms. The van der Waals surface area contributed by atoms with Gasteiger partial charge in [0, 0.05) is 18.6 Å². The zero-order valence-corrected chi connectivity index (χ0v) is 11.6. The summed E-state index contributed by atoms with van der Waals surface area (Å²) in [6.45, 7) is 3.56. The van der Waals surface area contributed by atoms with Gasteiger partial charge in [0.2, 0.25) is 5.91 Å². The van der Waals surface area contributed by atoms with Crippen molar-refractivity contribution in [1.82, 2.24) is 9.80 Å². The zero-order valence-electron chi connectivity index (χ0n) is 11.6. The fraction of sp³-hybridized carbons (Fsp3) is 0.933. The second-order valence-electron chi connectivity index (χ2n) is 6.98. The summed E-state index contributed by atoms with van der Waals surface area (Å²) < 4.78 is 0. The van der Waals surface area contributed by atoms with Crippen LogP contribution < -0.4 is 5.73 Å². The summed E-state index contributed by atoms with van der Waals surface area (Å²) in [5, 5.41) is 0. The highest BCUT2D eigenvalue weighted by molar-refractivity contribution is 5.83. The molecule has 106 valence electrons. The van der Waals surface area contributed by atoms with Gasteiger partial charge in [-0.1, -0.05) is 0 Å². The van der Waals surface area contributed by atoms with E-state index in [4.69, 9.17) is 5.73 Å². The third kappa shape index (κ3) is 1.76. The highest BCUT2D eigenvalue weighted by atomic mass is 16.2. The number of amides is 1. The lowest BCUT2D eigenvalue weighted by Crippen LogP contribution is -2.68. The van der Waals surface area contributed by atoms with Gasteiger partial charge in [0.25, 0.3) is 0 Å². The van der Waals surface area contributed by atoms with Gasteiger partial charge in [-0.15, -0.1) is 0 Å². The van der Waals surface area contributed by atoms with Crippen LogP contribution in [-0.4, -0.2) is 53.5 Å². The van der Waals surface area contributed by atoms with E-state index >= 15 is 0 Å². The molecule has 0 aliphatic carbocycles. The van der Waals surface area contributed by atoms with Crippen molar-refractivity contribution in [3.05, 3.63) is 0 Å². The van der Waals surface area contributed by atoms with Crippen molar-refractivity contribution in [1.29, 1.82) is 0 Å². The number of hydrogen-bond acceptors (Lipinski definition) is 3. The molecule has 0 spiro atoms. The van der Waals surface area contributed by atoms with E-state index in [1.807, 2.05) is 0 Å². The second-order valence-corrected chi connectivity index (χ2v) is 6.98. The summed E-state index contributed by atoms with van der Waals surface area (Å²) in [5.74, 6) is 1.67. The van der Waals surface area contributed by atoms with Crippen molar-refractivity contribution in [3.8, 4) is 0 Å². The molecule has 0 aromatic rings. The maximum absolute atomic E-state index is 12.4. The van der Waals surface area contributed by atoms with E-state index in [0.717, 1.165) is 31.3 Å². The van der Waals surface area contributed by atoms with Gasteiger partial charge in [0.1, 0.15) is 0 Å². The molecule has 0 saturated carbocycles. The predicted octanol–water partition coefficient (Wildman–Crippen LogP) is 0.809. The molecule has 5 atom stereocenters. The number of carbonyl (C=O) groups is 1. The Labute approximate surface area is 115 Å². The van der Waals surface area contributed by atoms with E-state index in [1.165, 1.54) is 38.8 Å². The Morgan fingerprint density at radius 3 is 2.68 bits per heavy atom. The molecule has 4 heteroatoms. The van der Waals surface area contributed by atoms with E-state index in [0.29, 0.717) is 12.0 Å². The molecule has 0 bridgehead atoms.